The van der Waals surface area contributed by atoms with Crippen molar-refractivity contribution in [1.82, 2.24) is 0 Å². The molecule has 3 aliphatic carbocycles. The Hall–Kier alpha value is -3.64. The molecule has 0 radical (unpaired) electrons. The zero-order valence-electron chi connectivity index (χ0n) is 19.5. The van der Waals surface area contributed by atoms with Crippen LogP contribution in [0.3, 0.4) is 0 Å². The fourth-order valence-electron chi connectivity index (χ4n) is 6.23. The lowest BCUT2D eigenvalue weighted by molar-refractivity contribution is 0.986. The molecule has 0 aromatic heterocycles. The highest BCUT2D eigenvalue weighted by atomic mass is 14.2. The van der Waals surface area contributed by atoms with Crippen molar-refractivity contribution in [2.75, 3.05) is 0 Å². The van der Waals surface area contributed by atoms with Gasteiger partial charge in [0, 0.05) is 0 Å². The zero-order valence-corrected chi connectivity index (χ0v) is 19.5. The molecule has 3 aliphatic rings. The van der Waals surface area contributed by atoms with E-state index in [-0.39, 0.29) is 0 Å². The summed E-state index contributed by atoms with van der Waals surface area (Å²) in [6, 6.07) is 25.1. The molecule has 0 nitrogen and oxygen atoms in total. The molecule has 34 heavy (non-hydrogen) atoms. The third-order valence-electron chi connectivity index (χ3n) is 7.84. The Labute approximate surface area is 201 Å². The topological polar surface area (TPSA) is 0 Å². The third kappa shape index (κ3) is 3.13. The molecular formula is C34H28. The van der Waals surface area contributed by atoms with E-state index in [1.54, 1.807) is 0 Å². The number of benzene rings is 4. The zero-order chi connectivity index (χ0) is 22.5. The van der Waals surface area contributed by atoms with Crippen molar-refractivity contribution < 1.29 is 0 Å². The van der Waals surface area contributed by atoms with Crippen LogP contribution >= 0.6 is 0 Å². The number of aryl methyl sites for hydroxylation is 2. The molecule has 0 heterocycles. The second-order valence-corrected chi connectivity index (χ2v) is 9.83. The fourth-order valence-corrected chi connectivity index (χ4v) is 6.23. The Morgan fingerprint density at radius 1 is 0.559 bits per heavy atom. The summed E-state index contributed by atoms with van der Waals surface area (Å²) in [5.74, 6) is 0. The van der Waals surface area contributed by atoms with Crippen molar-refractivity contribution in [2.45, 2.75) is 38.5 Å². The van der Waals surface area contributed by atoms with Gasteiger partial charge in [-0.3, -0.25) is 0 Å². The lowest BCUT2D eigenvalue weighted by atomic mass is 9.81. The first-order valence-corrected chi connectivity index (χ1v) is 12.7. The Balaban J connectivity index is 1.55. The van der Waals surface area contributed by atoms with Crippen molar-refractivity contribution in [3.63, 3.8) is 0 Å². The first kappa shape index (κ1) is 19.8. The summed E-state index contributed by atoms with van der Waals surface area (Å²) in [6.07, 6.45) is 18.8. The van der Waals surface area contributed by atoms with Crippen LogP contribution in [0.15, 0.2) is 72.8 Å². The number of allylic oxidation sites excluding steroid dienone is 2. The summed E-state index contributed by atoms with van der Waals surface area (Å²) in [6.45, 7) is 0. The molecule has 0 saturated heterocycles. The smallest absolute Gasteiger partial charge is 0.00296 e. The molecule has 7 rings (SSSR count). The van der Waals surface area contributed by atoms with Crippen LogP contribution in [0.4, 0.5) is 0 Å². The van der Waals surface area contributed by atoms with E-state index in [0.29, 0.717) is 0 Å². The van der Waals surface area contributed by atoms with Gasteiger partial charge in [0.15, 0.2) is 0 Å². The van der Waals surface area contributed by atoms with E-state index in [1.165, 1.54) is 65.7 Å². The third-order valence-corrected chi connectivity index (χ3v) is 7.84. The molecule has 0 N–H and O–H groups in total. The van der Waals surface area contributed by atoms with Gasteiger partial charge in [-0.2, -0.15) is 0 Å². The summed E-state index contributed by atoms with van der Waals surface area (Å²) in [7, 11) is 0. The molecule has 0 fully saturated rings. The van der Waals surface area contributed by atoms with Gasteiger partial charge < -0.3 is 0 Å². The Morgan fingerprint density at radius 2 is 1.32 bits per heavy atom. The molecule has 0 amide bonds. The van der Waals surface area contributed by atoms with Crippen molar-refractivity contribution in [1.29, 1.82) is 0 Å². The van der Waals surface area contributed by atoms with E-state index in [1.807, 2.05) is 0 Å². The molecule has 0 saturated carbocycles. The molecular weight excluding hydrogens is 408 g/mol. The predicted molar refractivity (Wildman–Crippen MR) is 147 cm³/mol. The van der Waals surface area contributed by atoms with Crippen LogP contribution in [0.2, 0.25) is 0 Å². The van der Waals surface area contributed by atoms with Crippen LogP contribution in [-0.4, -0.2) is 0 Å². The van der Waals surface area contributed by atoms with Crippen LogP contribution in [0.5, 0.6) is 0 Å². The largest absolute Gasteiger partial charge is 0.0836 e. The second kappa shape index (κ2) is 7.99. The fraction of sp³-hybridized carbons (Fsp3) is 0.176. The highest BCUT2D eigenvalue weighted by molar-refractivity contribution is 6.06. The highest BCUT2D eigenvalue weighted by Gasteiger charge is 2.20. The van der Waals surface area contributed by atoms with E-state index in [0.717, 1.165) is 38.5 Å². The summed E-state index contributed by atoms with van der Waals surface area (Å²) < 4.78 is 0. The molecule has 0 unspecified atom stereocenters. The van der Waals surface area contributed by atoms with Crippen LogP contribution in [0, 0.1) is 0 Å². The van der Waals surface area contributed by atoms with Gasteiger partial charge >= 0.3 is 0 Å². The first-order valence-electron chi connectivity index (χ1n) is 12.7. The minimum Gasteiger partial charge on any atom is -0.0836 e. The van der Waals surface area contributed by atoms with Gasteiger partial charge in [0.1, 0.15) is 0 Å². The van der Waals surface area contributed by atoms with Crippen LogP contribution in [-0.2, 0) is 12.8 Å². The van der Waals surface area contributed by atoms with Gasteiger partial charge in [0.2, 0.25) is 0 Å². The Morgan fingerprint density at radius 3 is 2.21 bits per heavy atom. The van der Waals surface area contributed by atoms with E-state index in [4.69, 9.17) is 0 Å². The van der Waals surface area contributed by atoms with Gasteiger partial charge in [0.05, 0.1) is 0 Å². The summed E-state index contributed by atoms with van der Waals surface area (Å²) in [4.78, 5) is 0. The van der Waals surface area contributed by atoms with Gasteiger partial charge in [-0.05, 0) is 104 Å². The standard InChI is InChI=1S/C34H28/c1-3-11-25-21-27(19-17-23(25)9-1)33-29-13-5-7-15-31(29)34(32-16-8-6-14-30(32)33)28-20-18-24-10-2-4-12-26(24)22-28/h1-3,5,7,9-11,13-16,18,20-22H,4,6,8,12,17,19H2. The maximum absolute atomic E-state index is 2.50. The minimum atomic E-state index is 1.10. The molecule has 4 aromatic rings. The molecule has 0 heteroatoms. The minimum absolute atomic E-state index is 1.10. The van der Waals surface area contributed by atoms with Crippen LogP contribution in [0.25, 0.3) is 51.8 Å². The molecule has 0 aliphatic heterocycles. The summed E-state index contributed by atoms with van der Waals surface area (Å²) >= 11 is 0. The number of hydrogen-bond donors (Lipinski definition) is 0. The van der Waals surface area contributed by atoms with Crippen LogP contribution in [0.1, 0.15) is 53.5 Å². The van der Waals surface area contributed by atoms with Crippen molar-refractivity contribution >= 4 is 40.6 Å². The van der Waals surface area contributed by atoms with Crippen LogP contribution < -0.4 is 10.4 Å². The molecule has 164 valence electrons. The predicted octanol–water partition coefficient (Wildman–Crippen LogP) is 7.31. The van der Waals surface area contributed by atoms with E-state index in [2.05, 4.69) is 97.1 Å². The van der Waals surface area contributed by atoms with Gasteiger partial charge in [-0.1, -0.05) is 97.1 Å². The highest BCUT2D eigenvalue weighted by Crippen LogP contribution is 2.36. The van der Waals surface area contributed by atoms with Gasteiger partial charge in [-0.15, -0.1) is 0 Å². The average molecular weight is 437 g/mol. The van der Waals surface area contributed by atoms with E-state index < -0.39 is 0 Å². The van der Waals surface area contributed by atoms with Crippen molar-refractivity contribution in [3.05, 3.63) is 111 Å². The molecule has 4 aromatic carbocycles. The molecule has 0 atom stereocenters. The quantitative estimate of drug-likeness (QED) is 0.309. The van der Waals surface area contributed by atoms with Gasteiger partial charge in [0.25, 0.3) is 0 Å². The maximum atomic E-state index is 2.50. The lowest BCUT2D eigenvalue weighted by Gasteiger charge is -2.22. The Bertz CT molecular complexity index is 1640. The molecule has 0 spiro atoms. The normalized spacial score (nSPS) is 16.1. The number of rotatable bonds is 2. The summed E-state index contributed by atoms with van der Waals surface area (Å²) in [5, 5.41) is 5.66. The molecule has 0 bridgehead atoms. The van der Waals surface area contributed by atoms with Crippen molar-refractivity contribution in [2.24, 2.45) is 0 Å². The first-order chi connectivity index (χ1) is 16.9. The summed E-state index contributed by atoms with van der Waals surface area (Å²) in [5.41, 5.74) is 11.4. The SMILES string of the molecule is C1=Cc2ccc(-c3c4c(c(C5=Cc6ccccc6CC5)c5ccccc35)=CCCC=4)cc2CC1. The van der Waals surface area contributed by atoms with Gasteiger partial charge in [-0.25, -0.2) is 0 Å². The average Bonchev–Trinajstić information content (AvgIpc) is 2.91. The number of hydrogen-bond acceptors (Lipinski definition) is 0. The lowest BCUT2D eigenvalue weighted by Crippen LogP contribution is -2.33. The van der Waals surface area contributed by atoms with Crippen molar-refractivity contribution in [3.8, 4) is 11.1 Å². The monoisotopic (exact) mass is 436 g/mol. The number of fused-ring (bicyclic) bond motifs is 4. The Kier molecular flexibility index (Phi) is 4.65. The van der Waals surface area contributed by atoms with E-state index >= 15 is 0 Å². The maximum Gasteiger partial charge on any atom is -0.00296 e. The van der Waals surface area contributed by atoms with E-state index in [9.17, 15) is 0 Å². The second-order valence-electron chi connectivity index (χ2n) is 9.83.